The van der Waals surface area contributed by atoms with Crippen molar-refractivity contribution in [3.63, 3.8) is 0 Å². The summed E-state index contributed by atoms with van der Waals surface area (Å²) in [5.41, 5.74) is 4.70. The van der Waals surface area contributed by atoms with E-state index in [0.29, 0.717) is 24.9 Å². The number of hydrogen-bond acceptors (Lipinski definition) is 5. The highest BCUT2D eigenvalue weighted by Gasteiger charge is 2.44. The van der Waals surface area contributed by atoms with Crippen molar-refractivity contribution >= 4 is 45.5 Å². The Hall–Kier alpha value is -4.18. The van der Waals surface area contributed by atoms with Gasteiger partial charge in [0, 0.05) is 29.0 Å². The molecular formula is C36H34BrF2N3O4. The Morgan fingerprint density at radius 2 is 1.70 bits per heavy atom. The number of hydrazone groups is 1. The number of esters is 1. The van der Waals surface area contributed by atoms with E-state index in [4.69, 9.17) is 9.84 Å². The molecule has 2 fully saturated rings. The maximum absolute atomic E-state index is 13.9. The monoisotopic (exact) mass is 689 g/mol. The minimum Gasteiger partial charge on any atom is -0.455 e. The smallest absolute Gasteiger partial charge is 0.311 e. The first kappa shape index (κ1) is 31.8. The topological polar surface area (TPSA) is 79.3 Å². The summed E-state index contributed by atoms with van der Waals surface area (Å²) in [7, 11) is 0. The molecule has 7 nitrogen and oxygen atoms in total. The number of nitrogens with zero attached hydrogens (tertiary/aromatic N) is 3. The van der Waals surface area contributed by atoms with E-state index in [1.54, 1.807) is 35.2 Å². The highest BCUT2D eigenvalue weighted by molar-refractivity contribution is 9.10. The summed E-state index contributed by atoms with van der Waals surface area (Å²) in [4.78, 5) is 41.8. The number of rotatable bonds is 6. The third kappa shape index (κ3) is 6.82. The number of halogens is 3. The molecule has 3 aliphatic rings. The summed E-state index contributed by atoms with van der Waals surface area (Å²) in [5, 5.41) is 6.15. The van der Waals surface area contributed by atoms with E-state index in [0.717, 1.165) is 51.7 Å². The molecule has 0 N–H and O–H groups in total. The van der Waals surface area contributed by atoms with E-state index >= 15 is 0 Å². The lowest BCUT2D eigenvalue weighted by atomic mass is 9.77. The number of benzene rings is 3. The van der Waals surface area contributed by atoms with Crippen molar-refractivity contribution in [2.75, 3.05) is 19.7 Å². The molecule has 238 valence electrons. The van der Waals surface area contributed by atoms with Gasteiger partial charge in [-0.25, -0.2) is 13.8 Å². The van der Waals surface area contributed by atoms with Crippen LogP contribution in [0, 0.1) is 30.4 Å². The molecule has 1 aliphatic carbocycles. The van der Waals surface area contributed by atoms with Gasteiger partial charge < -0.3 is 9.64 Å². The van der Waals surface area contributed by atoms with Crippen LogP contribution in [0.1, 0.15) is 65.2 Å². The Bertz CT molecular complexity index is 1710. The number of carbonyl (C=O) groups excluding carboxylic acids is 3. The summed E-state index contributed by atoms with van der Waals surface area (Å²) in [6.45, 7) is 2.12. The van der Waals surface area contributed by atoms with Crippen molar-refractivity contribution < 1.29 is 27.9 Å². The van der Waals surface area contributed by atoms with Crippen molar-refractivity contribution in [1.82, 2.24) is 9.91 Å². The fourth-order valence-corrected chi connectivity index (χ4v) is 7.14. The van der Waals surface area contributed by atoms with Crippen LogP contribution in [-0.2, 0) is 14.3 Å². The predicted octanol–water partition coefficient (Wildman–Crippen LogP) is 7.25. The lowest BCUT2D eigenvalue weighted by Gasteiger charge is -2.32. The first-order chi connectivity index (χ1) is 22.2. The van der Waals surface area contributed by atoms with Crippen LogP contribution in [0.5, 0.6) is 0 Å². The van der Waals surface area contributed by atoms with Crippen molar-refractivity contribution in [3.05, 3.63) is 111 Å². The van der Waals surface area contributed by atoms with E-state index in [9.17, 15) is 23.2 Å². The van der Waals surface area contributed by atoms with Gasteiger partial charge in [0.25, 0.3) is 11.8 Å². The van der Waals surface area contributed by atoms with E-state index in [1.165, 1.54) is 29.3 Å². The number of aryl methyl sites for hydroxylation is 1. The molecular weight excluding hydrogens is 656 g/mol. The van der Waals surface area contributed by atoms with Gasteiger partial charge in [-0.1, -0.05) is 40.2 Å². The fraction of sp³-hybridized carbons (Fsp3) is 0.333. The van der Waals surface area contributed by atoms with Crippen LogP contribution in [0.15, 0.2) is 81.9 Å². The molecule has 46 heavy (non-hydrogen) atoms. The number of allylic oxidation sites excluding steroid dienone is 1. The van der Waals surface area contributed by atoms with Crippen LogP contribution < -0.4 is 0 Å². The first-order valence-corrected chi connectivity index (χ1v) is 16.3. The number of amides is 2. The number of likely N-dealkylation sites (tertiary alicyclic amines) is 1. The Morgan fingerprint density at radius 1 is 0.978 bits per heavy atom. The second-order valence-electron chi connectivity index (χ2n) is 12.1. The Kier molecular flexibility index (Phi) is 9.44. The molecule has 0 bridgehead atoms. The largest absolute Gasteiger partial charge is 0.455 e. The Labute approximate surface area is 275 Å². The molecule has 3 atom stereocenters. The minimum atomic E-state index is -0.549. The molecule has 3 unspecified atom stereocenters. The zero-order valence-corrected chi connectivity index (χ0v) is 27.0. The maximum atomic E-state index is 13.9. The summed E-state index contributed by atoms with van der Waals surface area (Å²) < 4.78 is 33.8. The van der Waals surface area contributed by atoms with Crippen LogP contribution in [-0.4, -0.2) is 53.1 Å². The molecule has 2 heterocycles. The van der Waals surface area contributed by atoms with Gasteiger partial charge in [-0.15, -0.1) is 0 Å². The van der Waals surface area contributed by atoms with Gasteiger partial charge in [-0.3, -0.25) is 14.4 Å². The number of hydrogen-bond donors (Lipinski definition) is 0. The highest BCUT2D eigenvalue weighted by atomic mass is 79.9. The zero-order chi connectivity index (χ0) is 32.4. The van der Waals surface area contributed by atoms with Crippen molar-refractivity contribution in [2.45, 2.75) is 45.1 Å². The lowest BCUT2D eigenvalue weighted by molar-refractivity contribution is -0.157. The van der Waals surface area contributed by atoms with Crippen molar-refractivity contribution in [2.24, 2.45) is 16.9 Å². The standard InChI is InChI=1S/C36H34BrF2N3O4/c1-22-18-27(37)11-16-30(22)35(44)41-17-3-5-26(20-41)36(45)46-21-32(43)42-34(24-9-14-29(39)15-10-24)31-6-2-4-25(33(31)40-42)19-23-7-12-28(38)13-8-23/h7-16,18-19,26,31,34H,2-6,17,20-21H2,1H3/b25-19-. The molecule has 0 radical (unpaired) electrons. The lowest BCUT2D eigenvalue weighted by Crippen LogP contribution is -2.43. The molecule has 0 aromatic heterocycles. The van der Waals surface area contributed by atoms with Gasteiger partial charge in [0.05, 0.1) is 17.7 Å². The summed E-state index contributed by atoms with van der Waals surface area (Å²) >= 11 is 3.42. The maximum Gasteiger partial charge on any atom is 0.311 e. The first-order valence-electron chi connectivity index (χ1n) is 15.5. The van der Waals surface area contributed by atoms with Gasteiger partial charge in [-0.05, 0) is 110 Å². The summed E-state index contributed by atoms with van der Waals surface area (Å²) in [6.07, 6.45) is 5.55. The molecule has 3 aromatic rings. The Morgan fingerprint density at radius 3 is 2.41 bits per heavy atom. The normalized spacial score (nSPS) is 22.0. The molecule has 2 amide bonds. The molecule has 1 saturated carbocycles. The molecule has 6 rings (SSSR count). The molecule has 1 saturated heterocycles. The van der Waals surface area contributed by atoms with Gasteiger partial charge in [0.15, 0.2) is 6.61 Å². The molecule has 3 aromatic carbocycles. The third-order valence-corrected chi connectivity index (χ3v) is 9.47. The predicted molar refractivity (Wildman–Crippen MR) is 174 cm³/mol. The van der Waals surface area contributed by atoms with Crippen LogP contribution in [0.25, 0.3) is 6.08 Å². The molecule has 10 heteroatoms. The average Bonchev–Trinajstić information content (AvgIpc) is 3.45. The van der Waals surface area contributed by atoms with Gasteiger partial charge in [0.1, 0.15) is 11.6 Å². The summed E-state index contributed by atoms with van der Waals surface area (Å²) in [6, 6.07) is 17.2. The fourth-order valence-electron chi connectivity index (χ4n) is 6.67. The van der Waals surface area contributed by atoms with Gasteiger partial charge in [-0.2, -0.15) is 5.10 Å². The number of piperidine rings is 1. The van der Waals surface area contributed by atoms with E-state index in [-0.39, 0.29) is 30.0 Å². The highest BCUT2D eigenvalue weighted by Crippen LogP contribution is 2.44. The van der Waals surface area contributed by atoms with E-state index in [1.807, 2.05) is 25.1 Å². The van der Waals surface area contributed by atoms with Crippen LogP contribution >= 0.6 is 15.9 Å². The zero-order valence-electron chi connectivity index (χ0n) is 25.4. The van der Waals surface area contributed by atoms with Crippen LogP contribution in [0.3, 0.4) is 0 Å². The van der Waals surface area contributed by atoms with Crippen LogP contribution in [0.2, 0.25) is 0 Å². The molecule has 2 aliphatic heterocycles. The summed E-state index contributed by atoms with van der Waals surface area (Å²) in [5.74, 6) is -2.54. The van der Waals surface area contributed by atoms with Crippen LogP contribution in [0.4, 0.5) is 8.78 Å². The third-order valence-electron chi connectivity index (χ3n) is 8.98. The number of ether oxygens (including phenoxy) is 1. The van der Waals surface area contributed by atoms with Crippen molar-refractivity contribution in [1.29, 1.82) is 0 Å². The van der Waals surface area contributed by atoms with Gasteiger partial charge >= 0.3 is 5.97 Å². The molecule has 0 spiro atoms. The van der Waals surface area contributed by atoms with Crippen molar-refractivity contribution in [3.8, 4) is 0 Å². The minimum absolute atomic E-state index is 0.134. The quantitative estimate of drug-likeness (QED) is 0.256. The average molecular weight is 691 g/mol. The second kappa shape index (κ2) is 13.7. The van der Waals surface area contributed by atoms with E-state index in [2.05, 4.69) is 15.9 Å². The number of fused-ring (bicyclic) bond motifs is 1. The Balaban J connectivity index is 1.18. The van der Waals surface area contributed by atoms with Gasteiger partial charge in [0.2, 0.25) is 0 Å². The second-order valence-corrected chi connectivity index (χ2v) is 13.0. The number of carbonyl (C=O) groups is 3. The van der Waals surface area contributed by atoms with E-state index < -0.39 is 30.4 Å². The SMILES string of the molecule is Cc1cc(Br)ccc1C(=O)N1CCCC(C(=O)OCC(=O)N2N=C3/C(=C\c4ccc(F)cc4)CCCC3C2c2ccc(F)cc2)C1.